The van der Waals surface area contributed by atoms with Gasteiger partial charge >= 0.3 is 0 Å². The molecular formula is C9H13NOS. The van der Waals surface area contributed by atoms with E-state index in [9.17, 15) is 4.79 Å². The molecule has 0 saturated heterocycles. The number of hydrogen-bond acceptors (Lipinski definition) is 3. The quantitative estimate of drug-likeness (QED) is 0.711. The maximum atomic E-state index is 10.6. The third kappa shape index (κ3) is 3.53. The molecule has 0 unspecified atom stereocenters. The number of anilines is 1. The Labute approximate surface area is 76.6 Å². The van der Waals surface area contributed by atoms with Gasteiger partial charge in [0.1, 0.15) is 5.78 Å². The van der Waals surface area contributed by atoms with Gasteiger partial charge in [0.15, 0.2) is 0 Å². The number of carbonyl (C=O) groups is 1. The van der Waals surface area contributed by atoms with Gasteiger partial charge in [-0.05, 0) is 30.9 Å². The Morgan fingerprint density at radius 1 is 1.67 bits per heavy atom. The van der Waals surface area contributed by atoms with E-state index < -0.39 is 0 Å². The smallest absolute Gasteiger partial charge is 0.129 e. The van der Waals surface area contributed by atoms with E-state index in [-0.39, 0.29) is 5.78 Å². The third-order valence-corrected chi connectivity index (χ3v) is 2.35. The van der Waals surface area contributed by atoms with Gasteiger partial charge in [-0.2, -0.15) is 0 Å². The Hall–Kier alpha value is -0.830. The highest BCUT2D eigenvalue weighted by Gasteiger charge is 1.94. The summed E-state index contributed by atoms with van der Waals surface area (Å²) in [4.78, 5) is 10.6. The predicted octanol–water partition coefficient (Wildman–Crippen LogP) is 2.53. The van der Waals surface area contributed by atoms with Crippen LogP contribution in [0.3, 0.4) is 0 Å². The van der Waals surface area contributed by atoms with Crippen molar-refractivity contribution in [2.45, 2.75) is 19.8 Å². The Morgan fingerprint density at radius 2 is 2.50 bits per heavy atom. The van der Waals surface area contributed by atoms with E-state index in [1.54, 1.807) is 18.3 Å². The summed E-state index contributed by atoms with van der Waals surface area (Å²) < 4.78 is 0. The molecule has 0 bridgehead atoms. The second-order valence-electron chi connectivity index (χ2n) is 2.71. The van der Waals surface area contributed by atoms with E-state index in [1.807, 2.05) is 17.5 Å². The van der Waals surface area contributed by atoms with Gasteiger partial charge in [-0.1, -0.05) is 0 Å². The molecule has 1 N–H and O–H groups in total. The number of hydrogen-bond donors (Lipinski definition) is 1. The summed E-state index contributed by atoms with van der Waals surface area (Å²) in [5, 5.41) is 6.46. The molecular weight excluding hydrogens is 170 g/mol. The van der Waals surface area contributed by atoms with Gasteiger partial charge < -0.3 is 10.1 Å². The van der Waals surface area contributed by atoms with Gasteiger partial charge in [-0.25, -0.2) is 0 Å². The fraction of sp³-hybridized carbons (Fsp3) is 0.444. The molecule has 0 aliphatic heterocycles. The SMILES string of the molecule is CC(=O)CCCNc1cccs1. The van der Waals surface area contributed by atoms with Gasteiger partial charge in [-0.3, -0.25) is 0 Å². The normalized spacial score (nSPS) is 9.75. The fourth-order valence-electron chi connectivity index (χ4n) is 0.928. The lowest BCUT2D eigenvalue weighted by atomic mass is 10.2. The number of Topliss-reactive ketones (excluding diaryl/α,β-unsaturated/α-hetero) is 1. The summed E-state index contributed by atoms with van der Waals surface area (Å²) in [6.45, 7) is 2.52. The zero-order valence-corrected chi connectivity index (χ0v) is 7.99. The van der Waals surface area contributed by atoms with Crippen LogP contribution in [0, 0.1) is 0 Å². The minimum Gasteiger partial charge on any atom is -0.377 e. The number of nitrogens with one attached hydrogen (secondary N) is 1. The highest BCUT2D eigenvalue weighted by atomic mass is 32.1. The lowest BCUT2D eigenvalue weighted by Crippen LogP contribution is -2.01. The van der Waals surface area contributed by atoms with Crippen molar-refractivity contribution in [3.8, 4) is 0 Å². The summed E-state index contributed by atoms with van der Waals surface area (Å²) in [5.41, 5.74) is 0. The number of ketones is 1. The first kappa shape index (κ1) is 9.26. The van der Waals surface area contributed by atoms with Gasteiger partial charge in [0.05, 0.1) is 5.00 Å². The van der Waals surface area contributed by atoms with Crippen LogP contribution in [0.25, 0.3) is 0 Å². The van der Waals surface area contributed by atoms with Crippen LogP contribution >= 0.6 is 11.3 Å². The van der Waals surface area contributed by atoms with Crippen LogP contribution in [0.4, 0.5) is 5.00 Å². The molecule has 0 aromatic carbocycles. The number of rotatable bonds is 5. The van der Waals surface area contributed by atoms with Crippen LogP contribution in [0.2, 0.25) is 0 Å². The minimum atomic E-state index is 0.267. The maximum absolute atomic E-state index is 10.6. The van der Waals surface area contributed by atoms with E-state index in [2.05, 4.69) is 5.32 Å². The van der Waals surface area contributed by atoms with Crippen LogP contribution in [-0.2, 0) is 4.79 Å². The molecule has 0 fully saturated rings. The first-order chi connectivity index (χ1) is 5.79. The van der Waals surface area contributed by atoms with Crippen molar-refractivity contribution in [2.75, 3.05) is 11.9 Å². The maximum Gasteiger partial charge on any atom is 0.129 e. The molecule has 12 heavy (non-hydrogen) atoms. The van der Waals surface area contributed by atoms with E-state index in [1.165, 1.54) is 5.00 Å². The molecule has 1 aromatic rings. The fourth-order valence-corrected chi connectivity index (χ4v) is 1.57. The van der Waals surface area contributed by atoms with Gasteiger partial charge in [0, 0.05) is 13.0 Å². The molecule has 1 rings (SSSR count). The van der Waals surface area contributed by atoms with Crippen molar-refractivity contribution >= 4 is 22.1 Å². The van der Waals surface area contributed by atoms with Gasteiger partial charge in [0.25, 0.3) is 0 Å². The largest absolute Gasteiger partial charge is 0.377 e. The van der Waals surface area contributed by atoms with E-state index in [0.29, 0.717) is 6.42 Å². The molecule has 0 aliphatic rings. The van der Waals surface area contributed by atoms with Crippen molar-refractivity contribution in [2.24, 2.45) is 0 Å². The Morgan fingerprint density at radius 3 is 3.08 bits per heavy atom. The second-order valence-corrected chi connectivity index (χ2v) is 3.66. The first-order valence-corrected chi connectivity index (χ1v) is 4.94. The lowest BCUT2D eigenvalue weighted by molar-refractivity contribution is -0.117. The topological polar surface area (TPSA) is 29.1 Å². The lowest BCUT2D eigenvalue weighted by Gasteiger charge is -2.00. The zero-order chi connectivity index (χ0) is 8.81. The third-order valence-electron chi connectivity index (χ3n) is 1.53. The zero-order valence-electron chi connectivity index (χ0n) is 7.17. The highest BCUT2D eigenvalue weighted by Crippen LogP contribution is 2.14. The molecule has 3 heteroatoms. The molecule has 0 spiro atoms. The van der Waals surface area contributed by atoms with Gasteiger partial charge in [-0.15, -0.1) is 11.3 Å². The molecule has 0 atom stereocenters. The van der Waals surface area contributed by atoms with E-state index >= 15 is 0 Å². The molecule has 1 heterocycles. The summed E-state index contributed by atoms with van der Waals surface area (Å²) in [7, 11) is 0. The minimum absolute atomic E-state index is 0.267. The number of carbonyl (C=O) groups excluding carboxylic acids is 1. The Balaban J connectivity index is 2.07. The molecule has 2 nitrogen and oxygen atoms in total. The van der Waals surface area contributed by atoms with Crippen molar-refractivity contribution in [3.05, 3.63) is 17.5 Å². The Kier molecular flexibility index (Phi) is 3.80. The van der Waals surface area contributed by atoms with Crippen LogP contribution in [0.5, 0.6) is 0 Å². The first-order valence-electron chi connectivity index (χ1n) is 4.06. The summed E-state index contributed by atoms with van der Waals surface area (Å²) >= 11 is 1.69. The monoisotopic (exact) mass is 183 g/mol. The summed E-state index contributed by atoms with van der Waals surface area (Å²) in [5.74, 6) is 0.267. The van der Waals surface area contributed by atoms with Crippen molar-refractivity contribution in [3.63, 3.8) is 0 Å². The van der Waals surface area contributed by atoms with Crippen LogP contribution in [0.1, 0.15) is 19.8 Å². The molecule has 0 radical (unpaired) electrons. The molecule has 0 aliphatic carbocycles. The van der Waals surface area contributed by atoms with Crippen LogP contribution in [0.15, 0.2) is 17.5 Å². The van der Waals surface area contributed by atoms with E-state index in [0.717, 1.165) is 13.0 Å². The average Bonchev–Trinajstić information content (AvgIpc) is 2.49. The second kappa shape index (κ2) is 4.93. The molecule has 0 saturated carbocycles. The van der Waals surface area contributed by atoms with Crippen molar-refractivity contribution in [1.29, 1.82) is 0 Å². The predicted molar refractivity (Wildman–Crippen MR) is 52.7 cm³/mol. The summed E-state index contributed by atoms with van der Waals surface area (Å²) in [6.07, 6.45) is 1.60. The number of thiophene rings is 1. The van der Waals surface area contributed by atoms with E-state index in [4.69, 9.17) is 0 Å². The van der Waals surface area contributed by atoms with Crippen molar-refractivity contribution < 1.29 is 4.79 Å². The average molecular weight is 183 g/mol. The van der Waals surface area contributed by atoms with Gasteiger partial charge in [0.2, 0.25) is 0 Å². The Bertz CT molecular complexity index is 231. The molecule has 0 amide bonds. The standard InChI is InChI=1S/C9H13NOS/c1-8(11)4-2-6-10-9-5-3-7-12-9/h3,5,7,10H,2,4,6H2,1H3. The molecule has 1 aromatic heterocycles. The summed E-state index contributed by atoms with van der Waals surface area (Å²) in [6, 6.07) is 4.05. The highest BCUT2D eigenvalue weighted by molar-refractivity contribution is 7.14. The van der Waals surface area contributed by atoms with Crippen molar-refractivity contribution in [1.82, 2.24) is 0 Å². The molecule has 66 valence electrons. The van der Waals surface area contributed by atoms with Crippen LogP contribution in [-0.4, -0.2) is 12.3 Å². The van der Waals surface area contributed by atoms with Crippen LogP contribution < -0.4 is 5.32 Å².